The van der Waals surface area contributed by atoms with Gasteiger partial charge in [-0.25, -0.2) is 0 Å². The fourth-order valence-corrected chi connectivity index (χ4v) is 3.16. The molecular weight excluding hydrogens is 264 g/mol. The van der Waals surface area contributed by atoms with Gasteiger partial charge in [0, 0.05) is 12.6 Å². The molecule has 21 heavy (non-hydrogen) atoms. The monoisotopic (exact) mass is 288 g/mol. The fraction of sp³-hybridized carbons (Fsp3) is 0.588. The zero-order chi connectivity index (χ0) is 14.9. The van der Waals surface area contributed by atoms with Crippen LogP contribution in [0, 0.1) is 0 Å². The Bertz CT molecular complexity index is 519. The van der Waals surface area contributed by atoms with Crippen molar-refractivity contribution in [1.82, 2.24) is 10.2 Å². The molecule has 1 aliphatic carbocycles. The van der Waals surface area contributed by atoms with Crippen LogP contribution in [0.5, 0.6) is 5.75 Å². The number of aromatic hydroxyl groups is 1. The van der Waals surface area contributed by atoms with Crippen molar-refractivity contribution < 1.29 is 9.90 Å². The molecule has 0 radical (unpaired) electrons. The summed E-state index contributed by atoms with van der Waals surface area (Å²) < 4.78 is 0. The molecule has 1 amide bonds. The van der Waals surface area contributed by atoms with Crippen LogP contribution in [0.15, 0.2) is 24.3 Å². The second-order valence-corrected chi connectivity index (χ2v) is 6.55. The predicted octanol–water partition coefficient (Wildman–Crippen LogP) is 2.42. The lowest BCUT2D eigenvalue weighted by Crippen LogP contribution is -2.58. The minimum atomic E-state index is -0.419. The Balaban J connectivity index is 1.76. The van der Waals surface area contributed by atoms with Crippen LogP contribution >= 0.6 is 0 Å². The largest absolute Gasteiger partial charge is 0.508 e. The number of nitrogens with zero attached hydrogens (tertiary/aromatic N) is 1. The first-order chi connectivity index (χ1) is 10.1. The third-order valence-corrected chi connectivity index (χ3v) is 4.60. The summed E-state index contributed by atoms with van der Waals surface area (Å²) in [4.78, 5) is 15.0. The van der Waals surface area contributed by atoms with Gasteiger partial charge in [-0.05, 0) is 63.3 Å². The lowest BCUT2D eigenvalue weighted by atomic mass is 9.89. The minimum absolute atomic E-state index is 0.216. The number of benzene rings is 1. The summed E-state index contributed by atoms with van der Waals surface area (Å²) in [6.45, 7) is 3.55. The van der Waals surface area contributed by atoms with E-state index in [1.54, 1.807) is 12.1 Å². The molecular formula is C17H24N2O2. The standard InChI is InChI=1S/C17H24N2O2/c1-17(9-2-3-10-18-17)16(21)19(14-7-8-14)12-13-5-4-6-15(20)11-13/h4-6,11,14,18,20H,2-3,7-10,12H2,1H3. The van der Waals surface area contributed by atoms with E-state index in [0.717, 1.165) is 44.2 Å². The molecule has 3 rings (SSSR count). The SMILES string of the molecule is CC1(C(=O)N(Cc2cccc(O)c2)C2CC2)CCCCN1. The number of phenolic OH excluding ortho intramolecular Hbond substituents is 1. The molecule has 2 N–H and O–H groups in total. The highest BCUT2D eigenvalue weighted by Crippen LogP contribution is 2.32. The van der Waals surface area contributed by atoms with E-state index >= 15 is 0 Å². The van der Waals surface area contributed by atoms with Crippen LogP contribution in [0.2, 0.25) is 0 Å². The molecule has 1 heterocycles. The maximum absolute atomic E-state index is 13.0. The van der Waals surface area contributed by atoms with Crippen LogP contribution in [0.3, 0.4) is 0 Å². The van der Waals surface area contributed by atoms with Gasteiger partial charge >= 0.3 is 0 Å². The van der Waals surface area contributed by atoms with Gasteiger partial charge in [-0.1, -0.05) is 12.1 Å². The number of nitrogens with one attached hydrogen (secondary N) is 1. The second kappa shape index (κ2) is 5.68. The summed E-state index contributed by atoms with van der Waals surface area (Å²) in [6.07, 6.45) is 5.37. The molecule has 4 heteroatoms. The molecule has 1 aromatic rings. The number of hydrogen-bond donors (Lipinski definition) is 2. The summed E-state index contributed by atoms with van der Waals surface area (Å²) in [5.74, 6) is 0.478. The van der Waals surface area contributed by atoms with Gasteiger partial charge in [-0.3, -0.25) is 4.79 Å². The number of piperidine rings is 1. The quantitative estimate of drug-likeness (QED) is 0.894. The summed E-state index contributed by atoms with van der Waals surface area (Å²) in [6, 6.07) is 7.59. The van der Waals surface area contributed by atoms with Crippen molar-refractivity contribution in [3.63, 3.8) is 0 Å². The first-order valence-corrected chi connectivity index (χ1v) is 7.92. The fourth-order valence-electron chi connectivity index (χ4n) is 3.16. The molecule has 1 aliphatic heterocycles. The average Bonchev–Trinajstić information content (AvgIpc) is 3.29. The predicted molar refractivity (Wildman–Crippen MR) is 81.9 cm³/mol. The van der Waals surface area contributed by atoms with Crippen LogP contribution in [0.25, 0.3) is 0 Å². The van der Waals surface area contributed by atoms with E-state index in [1.807, 2.05) is 24.0 Å². The Morgan fingerprint density at radius 3 is 2.86 bits per heavy atom. The molecule has 2 fully saturated rings. The highest BCUT2D eigenvalue weighted by atomic mass is 16.3. The Kier molecular flexibility index (Phi) is 3.89. The zero-order valence-electron chi connectivity index (χ0n) is 12.6. The van der Waals surface area contributed by atoms with Crippen LogP contribution in [0.4, 0.5) is 0 Å². The zero-order valence-corrected chi connectivity index (χ0v) is 12.6. The molecule has 1 atom stereocenters. The van der Waals surface area contributed by atoms with Gasteiger partial charge in [-0.15, -0.1) is 0 Å². The van der Waals surface area contributed by atoms with Crippen molar-refractivity contribution in [3.8, 4) is 5.75 Å². The number of phenols is 1. The van der Waals surface area contributed by atoms with E-state index in [9.17, 15) is 9.90 Å². The van der Waals surface area contributed by atoms with Crippen molar-refractivity contribution in [2.45, 2.75) is 57.2 Å². The molecule has 1 saturated carbocycles. The summed E-state index contributed by atoms with van der Waals surface area (Å²) in [7, 11) is 0. The molecule has 1 aromatic carbocycles. The molecule has 0 spiro atoms. The van der Waals surface area contributed by atoms with Gasteiger partial charge in [0.05, 0.1) is 5.54 Å². The van der Waals surface area contributed by atoms with Gasteiger partial charge in [0.1, 0.15) is 5.75 Å². The van der Waals surface area contributed by atoms with E-state index in [-0.39, 0.29) is 11.7 Å². The van der Waals surface area contributed by atoms with Gasteiger partial charge < -0.3 is 15.3 Å². The van der Waals surface area contributed by atoms with Gasteiger partial charge in [0.15, 0.2) is 0 Å². The van der Waals surface area contributed by atoms with Gasteiger partial charge in [-0.2, -0.15) is 0 Å². The molecule has 1 unspecified atom stereocenters. The Morgan fingerprint density at radius 1 is 1.43 bits per heavy atom. The van der Waals surface area contributed by atoms with Crippen molar-refractivity contribution in [1.29, 1.82) is 0 Å². The Morgan fingerprint density at radius 2 is 2.24 bits per heavy atom. The van der Waals surface area contributed by atoms with Crippen LogP contribution < -0.4 is 5.32 Å². The van der Waals surface area contributed by atoms with Crippen molar-refractivity contribution in [2.75, 3.05) is 6.54 Å². The Hall–Kier alpha value is -1.55. The van der Waals surface area contributed by atoms with Crippen molar-refractivity contribution in [3.05, 3.63) is 29.8 Å². The highest BCUT2D eigenvalue weighted by Gasteiger charge is 2.42. The van der Waals surface area contributed by atoms with Crippen molar-refractivity contribution >= 4 is 5.91 Å². The molecule has 0 aromatic heterocycles. The van der Waals surface area contributed by atoms with Crippen molar-refractivity contribution in [2.24, 2.45) is 0 Å². The minimum Gasteiger partial charge on any atom is -0.508 e. The number of carbonyl (C=O) groups is 1. The number of carbonyl (C=O) groups excluding carboxylic acids is 1. The maximum Gasteiger partial charge on any atom is 0.243 e. The van der Waals surface area contributed by atoms with Gasteiger partial charge in [0.25, 0.3) is 0 Å². The van der Waals surface area contributed by atoms with Gasteiger partial charge in [0.2, 0.25) is 5.91 Å². The molecule has 0 bridgehead atoms. The summed E-state index contributed by atoms with van der Waals surface area (Å²) in [5.41, 5.74) is 0.576. The molecule has 1 saturated heterocycles. The summed E-state index contributed by atoms with van der Waals surface area (Å²) in [5, 5.41) is 13.0. The molecule has 2 aliphatic rings. The van der Waals surface area contributed by atoms with Crippen LogP contribution in [-0.4, -0.2) is 34.0 Å². The number of amides is 1. The lowest BCUT2D eigenvalue weighted by molar-refractivity contribution is -0.140. The summed E-state index contributed by atoms with van der Waals surface area (Å²) >= 11 is 0. The number of hydrogen-bond acceptors (Lipinski definition) is 3. The van der Waals surface area contributed by atoms with E-state index in [2.05, 4.69) is 5.32 Å². The molecule has 4 nitrogen and oxygen atoms in total. The first kappa shape index (κ1) is 14.4. The van der Waals surface area contributed by atoms with Crippen LogP contribution in [-0.2, 0) is 11.3 Å². The topological polar surface area (TPSA) is 52.6 Å². The van der Waals surface area contributed by atoms with E-state index in [4.69, 9.17) is 0 Å². The van der Waals surface area contributed by atoms with E-state index < -0.39 is 5.54 Å². The lowest BCUT2D eigenvalue weighted by Gasteiger charge is -2.38. The normalized spacial score (nSPS) is 25.6. The van der Waals surface area contributed by atoms with E-state index in [1.165, 1.54) is 0 Å². The maximum atomic E-state index is 13.0. The highest BCUT2D eigenvalue weighted by molar-refractivity contribution is 5.86. The molecule has 114 valence electrons. The third kappa shape index (κ3) is 3.21. The second-order valence-electron chi connectivity index (χ2n) is 6.55. The Labute approximate surface area is 126 Å². The smallest absolute Gasteiger partial charge is 0.243 e. The van der Waals surface area contributed by atoms with Crippen LogP contribution in [0.1, 0.15) is 44.6 Å². The number of rotatable bonds is 4. The van der Waals surface area contributed by atoms with E-state index in [0.29, 0.717) is 12.6 Å². The third-order valence-electron chi connectivity index (χ3n) is 4.60. The first-order valence-electron chi connectivity index (χ1n) is 7.92. The average molecular weight is 288 g/mol.